The second kappa shape index (κ2) is 8.04. The minimum atomic E-state index is -0.971. The fourth-order valence-corrected chi connectivity index (χ4v) is 4.27. The SMILES string of the molecule is C=CCN(C(=O)C(C)N1C(=O)c2ccccc2C1=O)c1nc(-c2ccccc2)cs1. The zero-order valence-electron chi connectivity index (χ0n) is 16.3. The lowest BCUT2D eigenvalue weighted by atomic mass is 10.1. The van der Waals surface area contributed by atoms with Gasteiger partial charge in [0.05, 0.1) is 16.8 Å². The van der Waals surface area contributed by atoms with Gasteiger partial charge >= 0.3 is 0 Å². The molecular weight excluding hydrogens is 398 g/mol. The molecule has 1 aliphatic heterocycles. The molecule has 2 heterocycles. The number of fused-ring (bicyclic) bond motifs is 1. The van der Waals surface area contributed by atoms with E-state index >= 15 is 0 Å². The van der Waals surface area contributed by atoms with E-state index in [1.807, 2.05) is 35.7 Å². The number of hydrogen-bond donors (Lipinski definition) is 0. The summed E-state index contributed by atoms with van der Waals surface area (Å²) in [6.45, 7) is 5.51. The normalized spacial score (nSPS) is 13.8. The third-order valence-electron chi connectivity index (χ3n) is 4.94. The first-order chi connectivity index (χ1) is 14.5. The van der Waals surface area contributed by atoms with E-state index in [1.54, 1.807) is 37.3 Å². The van der Waals surface area contributed by atoms with E-state index in [2.05, 4.69) is 11.6 Å². The maximum absolute atomic E-state index is 13.3. The van der Waals surface area contributed by atoms with E-state index in [0.717, 1.165) is 16.2 Å². The summed E-state index contributed by atoms with van der Waals surface area (Å²) in [5.41, 5.74) is 2.33. The monoisotopic (exact) mass is 417 g/mol. The second-order valence-corrected chi connectivity index (χ2v) is 7.66. The number of hydrogen-bond acceptors (Lipinski definition) is 5. The lowest BCUT2D eigenvalue weighted by Gasteiger charge is -2.27. The lowest BCUT2D eigenvalue weighted by Crippen LogP contribution is -2.49. The van der Waals surface area contributed by atoms with Crippen molar-refractivity contribution in [2.75, 3.05) is 11.4 Å². The van der Waals surface area contributed by atoms with Crippen molar-refractivity contribution in [2.24, 2.45) is 0 Å². The van der Waals surface area contributed by atoms with Crippen LogP contribution in [0, 0.1) is 0 Å². The van der Waals surface area contributed by atoms with Gasteiger partial charge in [-0.25, -0.2) is 4.98 Å². The molecule has 0 N–H and O–H groups in total. The number of thiazole rings is 1. The minimum absolute atomic E-state index is 0.216. The molecule has 1 aromatic heterocycles. The average molecular weight is 417 g/mol. The van der Waals surface area contributed by atoms with Crippen LogP contribution in [0.25, 0.3) is 11.3 Å². The van der Waals surface area contributed by atoms with E-state index < -0.39 is 23.8 Å². The van der Waals surface area contributed by atoms with Gasteiger partial charge in [0.1, 0.15) is 6.04 Å². The summed E-state index contributed by atoms with van der Waals surface area (Å²) < 4.78 is 0. The Hall–Kier alpha value is -3.58. The number of carbonyl (C=O) groups excluding carboxylic acids is 3. The van der Waals surface area contributed by atoms with E-state index in [0.29, 0.717) is 16.3 Å². The molecule has 0 spiro atoms. The lowest BCUT2D eigenvalue weighted by molar-refractivity contribution is -0.121. The fraction of sp³-hybridized carbons (Fsp3) is 0.130. The van der Waals surface area contributed by atoms with Gasteiger partial charge in [0.25, 0.3) is 17.7 Å². The van der Waals surface area contributed by atoms with Crippen LogP contribution in [0.5, 0.6) is 0 Å². The first kappa shape index (κ1) is 19.7. The Kier molecular flexibility index (Phi) is 5.29. The van der Waals surface area contributed by atoms with Crippen LogP contribution in [0.15, 0.2) is 72.6 Å². The van der Waals surface area contributed by atoms with Crippen LogP contribution >= 0.6 is 11.3 Å². The largest absolute Gasteiger partial charge is 0.282 e. The Morgan fingerprint density at radius 3 is 2.30 bits per heavy atom. The molecule has 1 atom stereocenters. The zero-order chi connectivity index (χ0) is 21.3. The molecule has 1 unspecified atom stereocenters. The molecule has 0 saturated heterocycles. The van der Waals surface area contributed by atoms with Gasteiger partial charge in [0.15, 0.2) is 5.13 Å². The molecule has 0 radical (unpaired) electrons. The molecule has 7 heteroatoms. The minimum Gasteiger partial charge on any atom is -0.282 e. The van der Waals surface area contributed by atoms with Crippen LogP contribution in [0.1, 0.15) is 27.6 Å². The number of nitrogens with zero attached hydrogens (tertiary/aromatic N) is 3. The molecule has 3 aromatic rings. The summed E-state index contributed by atoms with van der Waals surface area (Å²) in [4.78, 5) is 45.9. The first-order valence-corrected chi connectivity index (χ1v) is 10.3. The second-order valence-electron chi connectivity index (χ2n) is 6.82. The smallest absolute Gasteiger partial charge is 0.262 e. The van der Waals surface area contributed by atoms with Crippen LogP contribution in [-0.2, 0) is 4.79 Å². The molecule has 2 aromatic carbocycles. The Morgan fingerprint density at radius 2 is 1.70 bits per heavy atom. The van der Waals surface area contributed by atoms with Gasteiger partial charge in [0.2, 0.25) is 0 Å². The van der Waals surface area contributed by atoms with E-state index in [-0.39, 0.29) is 6.54 Å². The maximum atomic E-state index is 13.3. The van der Waals surface area contributed by atoms with Crippen LogP contribution in [0.4, 0.5) is 5.13 Å². The molecule has 0 fully saturated rings. The summed E-state index contributed by atoms with van der Waals surface area (Å²) >= 11 is 1.33. The highest BCUT2D eigenvalue weighted by atomic mass is 32.1. The third kappa shape index (κ3) is 3.33. The van der Waals surface area contributed by atoms with Crippen LogP contribution in [0.2, 0.25) is 0 Å². The summed E-state index contributed by atoms with van der Waals surface area (Å²) in [5.74, 6) is -1.31. The number of amides is 3. The van der Waals surface area contributed by atoms with Gasteiger partial charge in [-0.2, -0.15) is 0 Å². The third-order valence-corrected chi connectivity index (χ3v) is 5.80. The Morgan fingerprint density at radius 1 is 1.10 bits per heavy atom. The van der Waals surface area contributed by atoms with Gasteiger partial charge in [-0.3, -0.25) is 24.2 Å². The summed E-state index contributed by atoms with van der Waals surface area (Å²) in [6, 6.07) is 15.3. The Bertz CT molecular complexity index is 1100. The topological polar surface area (TPSA) is 70.6 Å². The van der Waals surface area contributed by atoms with Gasteiger partial charge in [-0.1, -0.05) is 48.5 Å². The van der Waals surface area contributed by atoms with Crippen molar-refractivity contribution in [3.8, 4) is 11.3 Å². The van der Waals surface area contributed by atoms with Crippen molar-refractivity contribution >= 4 is 34.2 Å². The fourth-order valence-electron chi connectivity index (χ4n) is 3.42. The number of imide groups is 1. The number of carbonyl (C=O) groups is 3. The van der Waals surface area contributed by atoms with Gasteiger partial charge in [-0.05, 0) is 19.1 Å². The van der Waals surface area contributed by atoms with E-state index in [4.69, 9.17) is 0 Å². The Balaban J connectivity index is 1.62. The highest BCUT2D eigenvalue weighted by Gasteiger charge is 2.42. The highest BCUT2D eigenvalue weighted by molar-refractivity contribution is 7.14. The van der Waals surface area contributed by atoms with Crippen LogP contribution in [0.3, 0.4) is 0 Å². The van der Waals surface area contributed by atoms with Crippen molar-refractivity contribution in [1.82, 2.24) is 9.88 Å². The van der Waals surface area contributed by atoms with Gasteiger partial charge < -0.3 is 0 Å². The molecule has 3 amide bonds. The molecule has 1 aliphatic rings. The molecule has 4 rings (SSSR count). The van der Waals surface area contributed by atoms with Crippen molar-refractivity contribution in [2.45, 2.75) is 13.0 Å². The van der Waals surface area contributed by atoms with E-state index in [9.17, 15) is 14.4 Å². The molecular formula is C23H19N3O3S. The van der Waals surface area contributed by atoms with Gasteiger partial charge in [0, 0.05) is 17.5 Å². The maximum Gasteiger partial charge on any atom is 0.262 e. The first-order valence-electron chi connectivity index (χ1n) is 9.43. The molecule has 6 nitrogen and oxygen atoms in total. The predicted molar refractivity (Wildman–Crippen MR) is 117 cm³/mol. The number of benzene rings is 2. The summed E-state index contributed by atoms with van der Waals surface area (Å²) in [6.07, 6.45) is 1.59. The molecule has 0 aliphatic carbocycles. The zero-order valence-corrected chi connectivity index (χ0v) is 17.1. The molecule has 0 bridgehead atoms. The number of rotatable bonds is 6. The average Bonchev–Trinajstić information content (AvgIpc) is 3.36. The molecule has 0 saturated carbocycles. The van der Waals surface area contributed by atoms with Crippen molar-refractivity contribution < 1.29 is 14.4 Å². The number of aromatic nitrogens is 1. The number of anilines is 1. The molecule has 150 valence electrons. The molecule has 30 heavy (non-hydrogen) atoms. The van der Waals surface area contributed by atoms with Gasteiger partial charge in [-0.15, -0.1) is 17.9 Å². The van der Waals surface area contributed by atoms with E-state index in [1.165, 1.54) is 16.2 Å². The quantitative estimate of drug-likeness (QED) is 0.449. The Labute approximate surface area is 178 Å². The summed E-state index contributed by atoms with van der Waals surface area (Å²) in [5, 5.41) is 2.36. The summed E-state index contributed by atoms with van der Waals surface area (Å²) in [7, 11) is 0. The van der Waals surface area contributed by atoms with Crippen molar-refractivity contribution in [3.63, 3.8) is 0 Å². The van der Waals surface area contributed by atoms with Crippen LogP contribution in [-0.4, -0.2) is 40.2 Å². The van der Waals surface area contributed by atoms with Crippen molar-refractivity contribution in [3.05, 3.63) is 83.8 Å². The van der Waals surface area contributed by atoms with Crippen LogP contribution < -0.4 is 4.90 Å². The highest BCUT2D eigenvalue weighted by Crippen LogP contribution is 2.30. The van der Waals surface area contributed by atoms with Crippen molar-refractivity contribution in [1.29, 1.82) is 0 Å². The predicted octanol–water partition coefficient (Wildman–Crippen LogP) is 4.01. The standard InChI is InChI=1S/C23H19N3O3S/c1-3-13-25(23-24-19(14-30-23)16-9-5-4-6-10-16)20(27)15(2)26-21(28)17-11-7-8-12-18(17)22(26)29/h3-12,14-15H,1,13H2,2H3.